The first-order chi connectivity index (χ1) is 10.9. The van der Waals surface area contributed by atoms with E-state index in [0.29, 0.717) is 18.6 Å². The number of pyridine rings is 1. The molecule has 5 nitrogen and oxygen atoms in total. The molecule has 1 heterocycles. The summed E-state index contributed by atoms with van der Waals surface area (Å²) in [7, 11) is 0. The molecule has 0 atom stereocenters. The minimum atomic E-state index is 0.549. The summed E-state index contributed by atoms with van der Waals surface area (Å²) in [5.41, 5.74) is 2.02. The third-order valence-corrected chi connectivity index (χ3v) is 3.68. The Bertz CT molecular complexity index is 474. The van der Waals surface area contributed by atoms with E-state index in [0.717, 1.165) is 37.0 Å². The molecule has 0 fully saturated rings. The third kappa shape index (κ3) is 7.46. The first-order valence-corrected chi connectivity index (χ1v) is 8.64. The second-order valence-corrected chi connectivity index (χ2v) is 6.32. The molecule has 0 spiro atoms. The van der Waals surface area contributed by atoms with E-state index < -0.39 is 0 Å². The van der Waals surface area contributed by atoms with Crippen LogP contribution in [0.2, 0.25) is 0 Å². The molecule has 0 aliphatic rings. The lowest BCUT2D eigenvalue weighted by Gasteiger charge is -2.30. The summed E-state index contributed by atoms with van der Waals surface area (Å²) in [6, 6.07) is 7.14. The van der Waals surface area contributed by atoms with Gasteiger partial charge in [0.15, 0.2) is 5.96 Å². The van der Waals surface area contributed by atoms with E-state index in [1.807, 2.05) is 25.1 Å². The number of guanidine groups is 1. The first-order valence-electron chi connectivity index (χ1n) is 8.64. The number of aryl methyl sites for hydroxylation is 1. The molecular weight excluding hydrogens is 286 g/mol. The standard InChI is InChI=1S/C18H33N5/c1-7-19-18(20-11-12-23(14(2)3)15(4)5)21-13-17-10-8-9-16(6)22-17/h8-10,14-15H,7,11-13H2,1-6H3,(H2,19,20,21). The summed E-state index contributed by atoms with van der Waals surface area (Å²) >= 11 is 0. The average Bonchev–Trinajstić information content (AvgIpc) is 2.48. The van der Waals surface area contributed by atoms with Gasteiger partial charge in [-0.05, 0) is 53.7 Å². The van der Waals surface area contributed by atoms with Crippen molar-refractivity contribution in [2.45, 2.75) is 60.2 Å². The molecule has 5 heteroatoms. The van der Waals surface area contributed by atoms with E-state index in [1.54, 1.807) is 0 Å². The monoisotopic (exact) mass is 319 g/mol. The van der Waals surface area contributed by atoms with Crippen molar-refractivity contribution >= 4 is 5.96 Å². The second-order valence-electron chi connectivity index (χ2n) is 6.32. The summed E-state index contributed by atoms with van der Waals surface area (Å²) in [5.74, 6) is 0.850. The second kappa shape index (κ2) is 10.2. The highest BCUT2D eigenvalue weighted by Crippen LogP contribution is 2.03. The van der Waals surface area contributed by atoms with Crippen molar-refractivity contribution in [3.05, 3.63) is 29.6 Å². The van der Waals surface area contributed by atoms with Crippen LogP contribution in [0.4, 0.5) is 0 Å². The van der Waals surface area contributed by atoms with Crippen LogP contribution in [0, 0.1) is 6.92 Å². The molecule has 1 aromatic heterocycles. The Morgan fingerprint density at radius 1 is 1.17 bits per heavy atom. The number of rotatable bonds is 8. The zero-order valence-corrected chi connectivity index (χ0v) is 15.6. The van der Waals surface area contributed by atoms with E-state index in [4.69, 9.17) is 0 Å². The van der Waals surface area contributed by atoms with Crippen LogP contribution in [0.15, 0.2) is 23.2 Å². The maximum Gasteiger partial charge on any atom is 0.191 e. The van der Waals surface area contributed by atoms with Gasteiger partial charge in [-0.1, -0.05) is 6.07 Å². The van der Waals surface area contributed by atoms with Gasteiger partial charge >= 0.3 is 0 Å². The zero-order valence-electron chi connectivity index (χ0n) is 15.6. The predicted molar refractivity (Wildman–Crippen MR) is 98.8 cm³/mol. The van der Waals surface area contributed by atoms with Crippen LogP contribution >= 0.6 is 0 Å². The van der Waals surface area contributed by atoms with Crippen molar-refractivity contribution in [1.82, 2.24) is 20.5 Å². The van der Waals surface area contributed by atoms with Crippen molar-refractivity contribution in [2.75, 3.05) is 19.6 Å². The van der Waals surface area contributed by atoms with E-state index in [2.05, 4.69) is 60.1 Å². The van der Waals surface area contributed by atoms with Gasteiger partial charge in [0.1, 0.15) is 0 Å². The number of nitrogens with one attached hydrogen (secondary N) is 2. The number of hydrogen-bond acceptors (Lipinski definition) is 3. The summed E-state index contributed by atoms with van der Waals surface area (Å²) in [6.45, 7) is 16.4. The summed E-state index contributed by atoms with van der Waals surface area (Å²) in [6.07, 6.45) is 0. The van der Waals surface area contributed by atoms with Gasteiger partial charge in [0, 0.05) is 37.4 Å². The molecule has 0 aliphatic carbocycles. The van der Waals surface area contributed by atoms with Gasteiger partial charge in [-0.3, -0.25) is 9.88 Å². The van der Waals surface area contributed by atoms with Crippen LogP contribution in [-0.4, -0.2) is 47.6 Å². The van der Waals surface area contributed by atoms with Gasteiger partial charge in [0.2, 0.25) is 0 Å². The minimum absolute atomic E-state index is 0.549. The van der Waals surface area contributed by atoms with Crippen LogP contribution in [0.5, 0.6) is 0 Å². The van der Waals surface area contributed by atoms with Crippen molar-refractivity contribution in [2.24, 2.45) is 4.99 Å². The summed E-state index contributed by atoms with van der Waals surface area (Å²) in [4.78, 5) is 11.6. The fourth-order valence-electron chi connectivity index (χ4n) is 2.61. The van der Waals surface area contributed by atoms with E-state index in [9.17, 15) is 0 Å². The van der Waals surface area contributed by atoms with Gasteiger partial charge in [-0.15, -0.1) is 0 Å². The lowest BCUT2D eigenvalue weighted by Crippen LogP contribution is -2.45. The molecule has 0 bridgehead atoms. The number of aromatic nitrogens is 1. The number of hydrogen-bond donors (Lipinski definition) is 2. The molecule has 0 aromatic carbocycles. The van der Waals surface area contributed by atoms with Crippen LogP contribution in [0.25, 0.3) is 0 Å². The highest BCUT2D eigenvalue weighted by Gasteiger charge is 2.12. The normalized spacial score (nSPS) is 12.3. The zero-order chi connectivity index (χ0) is 17.2. The molecule has 1 rings (SSSR count). The molecule has 0 saturated heterocycles. The highest BCUT2D eigenvalue weighted by molar-refractivity contribution is 5.79. The molecule has 1 aromatic rings. The van der Waals surface area contributed by atoms with Crippen molar-refractivity contribution in [3.63, 3.8) is 0 Å². The quantitative estimate of drug-likeness (QED) is 0.571. The highest BCUT2D eigenvalue weighted by atomic mass is 15.2. The average molecular weight is 319 g/mol. The summed E-state index contributed by atoms with van der Waals surface area (Å²) in [5, 5.41) is 6.71. The van der Waals surface area contributed by atoms with Crippen LogP contribution < -0.4 is 10.6 Å². The lowest BCUT2D eigenvalue weighted by molar-refractivity contribution is 0.178. The molecule has 23 heavy (non-hydrogen) atoms. The van der Waals surface area contributed by atoms with Crippen LogP contribution in [-0.2, 0) is 6.54 Å². The lowest BCUT2D eigenvalue weighted by atomic mass is 10.2. The van der Waals surface area contributed by atoms with Crippen molar-refractivity contribution in [1.29, 1.82) is 0 Å². The van der Waals surface area contributed by atoms with Gasteiger partial charge in [0.25, 0.3) is 0 Å². The van der Waals surface area contributed by atoms with Gasteiger partial charge in [0.05, 0.1) is 12.2 Å². The fourth-order valence-corrected chi connectivity index (χ4v) is 2.61. The predicted octanol–water partition coefficient (Wildman–Crippen LogP) is 2.56. The van der Waals surface area contributed by atoms with Crippen LogP contribution in [0.1, 0.15) is 46.0 Å². The van der Waals surface area contributed by atoms with E-state index in [-0.39, 0.29) is 0 Å². The fraction of sp³-hybridized carbons (Fsp3) is 0.667. The Morgan fingerprint density at radius 3 is 2.43 bits per heavy atom. The Labute approximate surface area is 141 Å². The number of aliphatic imine (C=N–C) groups is 1. The topological polar surface area (TPSA) is 52.6 Å². The molecule has 130 valence electrons. The van der Waals surface area contributed by atoms with Gasteiger partial charge in [-0.2, -0.15) is 0 Å². The Balaban J connectivity index is 2.55. The minimum Gasteiger partial charge on any atom is -0.357 e. The molecular formula is C18H33N5. The molecule has 0 aliphatic heterocycles. The van der Waals surface area contributed by atoms with E-state index in [1.165, 1.54) is 0 Å². The Morgan fingerprint density at radius 2 is 1.87 bits per heavy atom. The Hall–Kier alpha value is -1.62. The SMILES string of the molecule is CCNC(=NCc1cccc(C)n1)NCCN(C(C)C)C(C)C. The largest absolute Gasteiger partial charge is 0.357 e. The summed E-state index contributed by atoms with van der Waals surface area (Å²) < 4.78 is 0. The Kier molecular flexibility index (Phi) is 8.62. The van der Waals surface area contributed by atoms with Crippen molar-refractivity contribution in [3.8, 4) is 0 Å². The van der Waals surface area contributed by atoms with Crippen molar-refractivity contribution < 1.29 is 0 Å². The van der Waals surface area contributed by atoms with E-state index >= 15 is 0 Å². The third-order valence-electron chi connectivity index (χ3n) is 3.68. The van der Waals surface area contributed by atoms with Gasteiger partial charge in [-0.25, -0.2) is 4.99 Å². The maximum absolute atomic E-state index is 4.62. The van der Waals surface area contributed by atoms with Crippen LogP contribution in [0.3, 0.4) is 0 Å². The number of nitrogens with zero attached hydrogens (tertiary/aromatic N) is 3. The molecule has 0 unspecified atom stereocenters. The maximum atomic E-state index is 4.62. The molecule has 0 amide bonds. The van der Waals surface area contributed by atoms with Gasteiger partial charge < -0.3 is 10.6 Å². The first kappa shape index (κ1) is 19.4. The molecule has 0 saturated carbocycles. The smallest absolute Gasteiger partial charge is 0.191 e. The molecule has 2 N–H and O–H groups in total. The molecule has 0 radical (unpaired) electrons.